The van der Waals surface area contributed by atoms with E-state index in [0.29, 0.717) is 5.92 Å². The standard InChI is InChI=1S/C11H14OS4/c13-8-4-7(6-2-1-3-12-5-6)9(14)11(16)10(8)15/h4,6,13-16H,1-3,5H2. The van der Waals surface area contributed by atoms with Crippen molar-refractivity contribution in [1.82, 2.24) is 0 Å². The second-order valence-corrected chi connectivity index (χ2v) is 5.77. The Morgan fingerprint density at radius 2 is 1.81 bits per heavy atom. The van der Waals surface area contributed by atoms with Crippen LogP contribution in [0.5, 0.6) is 0 Å². The summed E-state index contributed by atoms with van der Waals surface area (Å²) in [6, 6.07) is 2.03. The lowest BCUT2D eigenvalue weighted by atomic mass is 9.93. The summed E-state index contributed by atoms with van der Waals surface area (Å²) in [7, 11) is 0. The van der Waals surface area contributed by atoms with Gasteiger partial charge in [-0.25, -0.2) is 0 Å². The highest BCUT2D eigenvalue weighted by molar-refractivity contribution is 7.86. The average molecular weight is 290 g/mol. The van der Waals surface area contributed by atoms with Gasteiger partial charge in [0.2, 0.25) is 0 Å². The molecule has 0 radical (unpaired) electrons. The van der Waals surface area contributed by atoms with Crippen LogP contribution in [0.3, 0.4) is 0 Å². The molecule has 5 heteroatoms. The Balaban J connectivity index is 2.40. The monoisotopic (exact) mass is 290 g/mol. The summed E-state index contributed by atoms with van der Waals surface area (Å²) < 4.78 is 5.50. The Bertz CT molecular complexity index is 399. The van der Waals surface area contributed by atoms with Crippen molar-refractivity contribution in [2.45, 2.75) is 38.3 Å². The maximum atomic E-state index is 5.50. The van der Waals surface area contributed by atoms with Crippen molar-refractivity contribution < 1.29 is 4.74 Å². The molecule has 0 bridgehead atoms. The maximum absolute atomic E-state index is 5.50. The molecule has 0 amide bonds. The number of hydrogen-bond acceptors (Lipinski definition) is 5. The molecule has 1 aromatic carbocycles. The van der Waals surface area contributed by atoms with Gasteiger partial charge in [-0.2, -0.15) is 0 Å². The van der Waals surface area contributed by atoms with Crippen LogP contribution in [0, 0.1) is 0 Å². The van der Waals surface area contributed by atoms with Gasteiger partial charge < -0.3 is 4.74 Å². The molecule has 1 atom stereocenters. The third-order valence-corrected chi connectivity index (χ3v) is 5.13. The average Bonchev–Trinajstić information content (AvgIpc) is 2.32. The maximum Gasteiger partial charge on any atom is 0.0535 e. The molecule has 0 N–H and O–H groups in total. The molecular weight excluding hydrogens is 276 g/mol. The van der Waals surface area contributed by atoms with Gasteiger partial charge in [-0.3, -0.25) is 0 Å². The lowest BCUT2D eigenvalue weighted by Crippen LogP contribution is -2.16. The molecule has 1 aliphatic rings. The van der Waals surface area contributed by atoms with Crippen molar-refractivity contribution in [1.29, 1.82) is 0 Å². The summed E-state index contributed by atoms with van der Waals surface area (Å²) >= 11 is 17.7. The van der Waals surface area contributed by atoms with Gasteiger partial charge in [-0.05, 0) is 24.5 Å². The highest BCUT2D eigenvalue weighted by Crippen LogP contribution is 2.39. The highest BCUT2D eigenvalue weighted by atomic mass is 32.1. The third kappa shape index (κ3) is 2.53. The number of hydrogen-bond donors (Lipinski definition) is 4. The molecule has 1 heterocycles. The van der Waals surface area contributed by atoms with Gasteiger partial charge in [0.1, 0.15) is 0 Å². The molecule has 1 aliphatic heterocycles. The zero-order chi connectivity index (χ0) is 11.7. The quantitative estimate of drug-likeness (QED) is 0.577. The van der Waals surface area contributed by atoms with Crippen molar-refractivity contribution >= 4 is 50.5 Å². The summed E-state index contributed by atoms with van der Waals surface area (Å²) in [5.74, 6) is 0.409. The second-order valence-electron chi connectivity index (χ2n) is 3.94. The molecule has 1 nitrogen and oxygen atoms in total. The fourth-order valence-corrected chi connectivity index (χ4v) is 3.16. The van der Waals surface area contributed by atoms with Crippen molar-refractivity contribution in [3.8, 4) is 0 Å². The van der Waals surface area contributed by atoms with E-state index in [4.69, 9.17) is 4.74 Å². The predicted octanol–water partition coefficient (Wildman–Crippen LogP) is 3.74. The zero-order valence-corrected chi connectivity index (χ0v) is 12.3. The topological polar surface area (TPSA) is 9.23 Å². The molecular formula is C11H14OS4. The van der Waals surface area contributed by atoms with Crippen LogP contribution in [0.1, 0.15) is 24.3 Å². The lowest BCUT2D eigenvalue weighted by Gasteiger charge is -2.25. The fourth-order valence-electron chi connectivity index (χ4n) is 1.95. The van der Waals surface area contributed by atoms with Crippen molar-refractivity contribution in [3.05, 3.63) is 11.6 Å². The van der Waals surface area contributed by atoms with Gasteiger partial charge >= 0.3 is 0 Å². The van der Waals surface area contributed by atoms with Crippen LogP contribution in [-0.4, -0.2) is 13.2 Å². The van der Waals surface area contributed by atoms with Crippen LogP contribution in [0.4, 0.5) is 0 Å². The molecule has 2 rings (SSSR count). The summed E-state index contributed by atoms with van der Waals surface area (Å²) in [5.41, 5.74) is 1.18. The lowest BCUT2D eigenvalue weighted by molar-refractivity contribution is 0.0795. The zero-order valence-electron chi connectivity index (χ0n) is 8.68. The molecule has 1 unspecified atom stereocenters. The number of thiol groups is 4. The Labute approximate surface area is 118 Å². The largest absolute Gasteiger partial charge is 0.381 e. The van der Waals surface area contributed by atoms with E-state index in [1.807, 2.05) is 6.07 Å². The fraction of sp³-hybridized carbons (Fsp3) is 0.455. The van der Waals surface area contributed by atoms with Crippen LogP contribution in [0.2, 0.25) is 0 Å². The van der Waals surface area contributed by atoms with E-state index in [1.54, 1.807) is 0 Å². The molecule has 0 aromatic heterocycles. The van der Waals surface area contributed by atoms with E-state index < -0.39 is 0 Å². The third-order valence-electron chi connectivity index (χ3n) is 2.86. The van der Waals surface area contributed by atoms with Crippen LogP contribution in [-0.2, 0) is 4.74 Å². The Morgan fingerprint density at radius 3 is 2.44 bits per heavy atom. The molecule has 88 valence electrons. The van der Waals surface area contributed by atoms with Crippen LogP contribution >= 0.6 is 50.5 Å². The predicted molar refractivity (Wildman–Crippen MR) is 78.2 cm³/mol. The van der Waals surface area contributed by atoms with E-state index in [2.05, 4.69) is 50.5 Å². The molecule has 16 heavy (non-hydrogen) atoms. The first-order chi connectivity index (χ1) is 7.61. The first-order valence-corrected chi connectivity index (χ1v) is 6.94. The number of rotatable bonds is 1. The van der Waals surface area contributed by atoms with Gasteiger partial charge in [0.15, 0.2) is 0 Å². The Morgan fingerprint density at radius 1 is 1.06 bits per heavy atom. The van der Waals surface area contributed by atoms with Gasteiger partial charge in [0.05, 0.1) is 6.61 Å². The van der Waals surface area contributed by atoms with Gasteiger partial charge in [0.25, 0.3) is 0 Å². The van der Waals surface area contributed by atoms with Gasteiger partial charge in [0, 0.05) is 32.1 Å². The molecule has 1 aromatic rings. The molecule has 1 fully saturated rings. The van der Waals surface area contributed by atoms with Gasteiger partial charge in [-0.1, -0.05) is 0 Å². The summed E-state index contributed by atoms with van der Waals surface area (Å²) in [4.78, 5) is 3.35. The minimum Gasteiger partial charge on any atom is -0.381 e. The number of ether oxygens (including phenoxy) is 1. The van der Waals surface area contributed by atoms with Crippen LogP contribution in [0.15, 0.2) is 25.6 Å². The van der Waals surface area contributed by atoms with Crippen molar-refractivity contribution in [3.63, 3.8) is 0 Å². The molecule has 1 saturated heterocycles. The molecule has 0 aliphatic carbocycles. The first-order valence-electron chi connectivity index (χ1n) is 5.15. The SMILES string of the molecule is Sc1cc(C2CCCOC2)c(S)c(S)c1S. The Kier molecular flexibility index (Phi) is 4.46. The van der Waals surface area contributed by atoms with E-state index in [0.717, 1.165) is 45.6 Å². The van der Waals surface area contributed by atoms with Crippen LogP contribution < -0.4 is 0 Å². The Hall–Kier alpha value is 0.580. The summed E-state index contributed by atoms with van der Waals surface area (Å²) in [6.45, 7) is 1.63. The van der Waals surface area contributed by atoms with E-state index in [-0.39, 0.29) is 0 Å². The van der Waals surface area contributed by atoms with Crippen LogP contribution in [0.25, 0.3) is 0 Å². The number of benzene rings is 1. The normalized spacial score (nSPS) is 21.1. The molecule has 0 saturated carbocycles. The summed E-state index contributed by atoms with van der Waals surface area (Å²) in [6.07, 6.45) is 2.24. The van der Waals surface area contributed by atoms with E-state index in [1.165, 1.54) is 5.56 Å². The highest BCUT2D eigenvalue weighted by Gasteiger charge is 2.20. The summed E-state index contributed by atoms with van der Waals surface area (Å²) in [5, 5.41) is 0. The van der Waals surface area contributed by atoms with E-state index in [9.17, 15) is 0 Å². The minimum absolute atomic E-state index is 0.409. The smallest absolute Gasteiger partial charge is 0.0535 e. The first kappa shape index (κ1) is 13.0. The van der Waals surface area contributed by atoms with Crippen molar-refractivity contribution in [2.24, 2.45) is 0 Å². The molecule has 0 spiro atoms. The van der Waals surface area contributed by atoms with Crippen molar-refractivity contribution in [2.75, 3.05) is 13.2 Å². The van der Waals surface area contributed by atoms with Gasteiger partial charge in [-0.15, -0.1) is 50.5 Å². The van der Waals surface area contributed by atoms with E-state index >= 15 is 0 Å². The second kappa shape index (κ2) is 5.48. The minimum atomic E-state index is 0.409.